The highest BCUT2D eigenvalue weighted by Gasteiger charge is 2.02. The lowest BCUT2D eigenvalue weighted by Crippen LogP contribution is -2.22. The molecule has 2 radical (unpaired) electrons. The van der Waals surface area contributed by atoms with E-state index >= 15 is 0 Å². The molecule has 0 aromatic heterocycles. The molecule has 3 heteroatoms. The van der Waals surface area contributed by atoms with Gasteiger partial charge in [-0.1, -0.05) is 0 Å². The zero-order valence-electron chi connectivity index (χ0n) is 6.09. The molecule has 0 atom stereocenters. The van der Waals surface area contributed by atoms with E-state index in [1.54, 1.807) is 0 Å². The Morgan fingerprint density at radius 3 is 2.00 bits per heavy atom. The lowest BCUT2D eigenvalue weighted by Gasteiger charge is -2.13. The van der Waals surface area contributed by atoms with Gasteiger partial charge in [-0.05, 0) is 20.4 Å². The van der Waals surface area contributed by atoms with Crippen LogP contribution in [0.2, 0.25) is 0 Å². The molecule has 54 valence electrons. The Kier molecular flexibility index (Phi) is 6.35. The third kappa shape index (κ3) is 4.63. The molecule has 0 bridgehead atoms. The Labute approximate surface area is 59.4 Å². The van der Waals surface area contributed by atoms with Gasteiger partial charge in [0.1, 0.15) is 5.91 Å². The summed E-state index contributed by atoms with van der Waals surface area (Å²) in [7, 11) is -0.638. The number of ether oxygens (including phenoxy) is 2. The fourth-order valence-corrected chi connectivity index (χ4v) is 1.30. The fourth-order valence-electron chi connectivity index (χ4n) is 0.556. The van der Waals surface area contributed by atoms with Crippen LogP contribution in [0.4, 0.5) is 0 Å². The van der Waals surface area contributed by atoms with E-state index in [0.29, 0.717) is 13.2 Å². The van der Waals surface area contributed by atoms with Crippen molar-refractivity contribution in [2.24, 2.45) is 0 Å². The summed E-state index contributed by atoms with van der Waals surface area (Å²) in [6.07, 6.45) is 0. The highest BCUT2D eigenvalue weighted by Crippen LogP contribution is 1.90. The zero-order valence-corrected chi connectivity index (χ0v) is 7.51. The van der Waals surface area contributed by atoms with Crippen molar-refractivity contribution in [2.45, 2.75) is 19.8 Å². The largest absolute Gasteiger partial charge is 0.357 e. The summed E-state index contributed by atoms with van der Waals surface area (Å²) in [6, 6.07) is 0. The quantitative estimate of drug-likeness (QED) is 0.407. The third-order valence-electron chi connectivity index (χ3n) is 0.898. The molecule has 0 amide bonds. The van der Waals surface area contributed by atoms with E-state index in [2.05, 4.69) is 0 Å². The van der Waals surface area contributed by atoms with Crippen molar-refractivity contribution in [1.29, 1.82) is 0 Å². The maximum absolute atomic E-state index is 5.43. The second kappa shape index (κ2) is 6.26. The molecule has 0 saturated heterocycles. The van der Waals surface area contributed by atoms with Crippen molar-refractivity contribution in [2.75, 3.05) is 13.2 Å². The van der Waals surface area contributed by atoms with Gasteiger partial charge in [0, 0.05) is 13.2 Å². The molecule has 2 nitrogen and oxygen atoms in total. The van der Waals surface area contributed by atoms with E-state index < -0.39 is 9.52 Å². The van der Waals surface area contributed by atoms with Gasteiger partial charge in [-0.25, -0.2) is 0 Å². The van der Waals surface area contributed by atoms with Crippen LogP contribution in [-0.2, 0) is 9.47 Å². The van der Waals surface area contributed by atoms with Crippen LogP contribution >= 0.6 is 0 Å². The Morgan fingerprint density at radius 2 is 1.78 bits per heavy atom. The highest BCUT2D eigenvalue weighted by atomic mass is 28.2. The van der Waals surface area contributed by atoms with Gasteiger partial charge in [0.05, 0.1) is 9.52 Å². The normalized spacial score (nSPS) is 12.0. The Hall–Kier alpha value is 0.137. The molecule has 0 spiro atoms. The molecule has 0 aromatic carbocycles. The Bertz CT molecular complexity index is 53.0. The molecular formula is C6H14O2Si. The van der Waals surface area contributed by atoms with E-state index in [-0.39, 0.29) is 5.91 Å². The highest BCUT2D eigenvalue weighted by molar-refractivity contribution is 6.38. The first-order valence-corrected chi connectivity index (χ1v) is 4.91. The summed E-state index contributed by atoms with van der Waals surface area (Å²) in [5, 5.41) is 0. The lowest BCUT2D eigenvalue weighted by atomic mass is 10.9. The van der Waals surface area contributed by atoms with E-state index in [1.807, 2.05) is 13.8 Å². The summed E-state index contributed by atoms with van der Waals surface area (Å²) in [4.78, 5) is 0. The molecule has 0 aliphatic carbocycles. The van der Waals surface area contributed by atoms with Crippen LogP contribution in [0.25, 0.3) is 0 Å². The van der Waals surface area contributed by atoms with Gasteiger partial charge < -0.3 is 9.47 Å². The van der Waals surface area contributed by atoms with Gasteiger partial charge in [0.25, 0.3) is 0 Å². The molecular weight excluding hydrogens is 132 g/mol. The van der Waals surface area contributed by atoms with Gasteiger partial charge in [-0.3, -0.25) is 0 Å². The first kappa shape index (κ1) is 9.14. The molecule has 0 aromatic rings. The van der Waals surface area contributed by atoms with Gasteiger partial charge in [0.15, 0.2) is 0 Å². The second-order valence-electron chi connectivity index (χ2n) is 1.58. The number of hydrogen-bond acceptors (Lipinski definition) is 2. The number of hydrogen-bond donors (Lipinski definition) is 0. The molecule has 0 unspecified atom stereocenters. The van der Waals surface area contributed by atoms with Gasteiger partial charge in [-0.15, -0.1) is 0 Å². The average molecular weight is 146 g/mol. The van der Waals surface area contributed by atoms with Crippen molar-refractivity contribution < 1.29 is 9.47 Å². The summed E-state index contributed by atoms with van der Waals surface area (Å²) < 4.78 is 10.3. The predicted molar refractivity (Wildman–Crippen MR) is 39.9 cm³/mol. The van der Waals surface area contributed by atoms with Crippen LogP contribution in [0.3, 0.4) is 0 Å². The molecule has 0 fully saturated rings. The minimum atomic E-state index is -0.638. The SMILES string of the molecule is [CH][SiH2]C(OCC)OCC. The zero-order chi connectivity index (χ0) is 7.11. The topological polar surface area (TPSA) is 18.5 Å². The minimum absolute atomic E-state index is 0.0694. The van der Waals surface area contributed by atoms with E-state index in [9.17, 15) is 0 Å². The average Bonchev–Trinajstić information content (AvgIpc) is 1.88. The smallest absolute Gasteiger partial charge is 0.135 e. The minimum Gasteiger partial charge on any atom is -0.357 e. The molecule has 0 rings (SSSR count). The molecule has 9 heavy (non-hydrogen) atoms. The Balaban J connectivity index is 3.18. The van der Waals surface area contributed by atoms with Gasteiger partial charge >= 0.3 is 0 Å². The van der Waals surface area contributed by atoms with E-state index in [0.717, 1.165) is 0 Å². The summed E-state index contributed by atoms with van der Waals surface area (Å²) >= 11 is 0. The first-order chi connectivity index (χ1) is 4.35. The van der Waals surface area contributed by atoms with Crippen molar-refractivity contribution in [3.63, 3.8) is 0 Å². The summed E-state index contributed by atoms with van der Waals surface area (Å²) in [5.41, 5.74) is 0. The van der Waals surface area contributed by atoms with Crippen LogP contribution < -0.4 is 0 Å². The van der Waals surface area contributed by atoms with Crippen molar-refractivity contribution in [3.05, 3.63) is 6.55 Å². The van der Waals surface area contributed by atoms with Gasteiger partial charge in [0.2, 0.25) is 0 Å². The Morgan fingerprint density at radius 1 is 1.33 bits per heavy atom. The second-order valence-corrected chi connectivity index (χ2v) is 2.71. The number of rotatable bonds is 5. The summed E-state index contributed by atoms with van der Waals surface area (Å²) in [5.74, 6) is -0.0694. The molecule has 0 aliphatic heterocycles. The van der Waals surface area contributed by atoms with Crippen LogP contribution in [0.5, 0.6) is 0 Å². The van der Waals surface area contributed by atoms with Crippen LogP contribution in [0.15, 0.2) is 0 Å². The molecule has 0 aliphatic rings. The molecule has 0 heterocycles. The third-order valence-corrected chi connectivity index (χ3v) is 1.75. The standard InChI is InChI=1S/C6H14O2Si/c1-4-7-6(9-3)8-5-2/h3,6H,4-5,9H2,1-2H3. The summed E-state index contributed by atoms with van der Waals surface area (Å²) in [6.45, 7) is 10.7. The monoisotopic (exact) mass is 146 g/mol. The van der Waals surface area contributed by atoms with Crippen LogP contribution in [0.1, 0.15) is 13.8 Å². The maximum Gasteiger partial charge on any atom is 0.135 e. The van der Waals surface area contributed by atoms with Crippen LogP contribution in [0, 0.1) is 6.55 Å². The molecule has 0 saturated carbocycles. The van der Waals surface area contributed by atoms with Crippen molar-refractivity contribution in [1.82, 2.24) is 0 Å². The van der Waals surface area contributed by atoms with Crippen LogP contribution in [-0.4, -0.2) is 28.6 Å². The molecule has 0 N–H and O–H groups in total. The lowest BCUT2D eigenvalue weighted by molar-refractivity contribution is -0.0819. The fraction of sp³-hybridized carbons (Fsp3) is 0.833. The van der Waals surface area contributed by atoms with E-state index in [1.165, 1.54) is 0 Å². The van der Waals surface area contributed by atoms with Crippen molar-refractivity contribution >= 4 is 9.52 Å². The maximum atomic E-state index is 5.43. The van der Waals surface area contributed by atoms with E-state index in [4.69, 9.17) is 16.0 Å². The predicted octanol–water partition coefficient (Wildman–Crippen LogP) is 0.180. The van der Waals surface area contributed by atoms with Crippen molar-refractivity contribution in [3.8, 4) is 0 Å². The first-order valence-electron chi connectivity index (χ1n) is 3.28. The van der Waals surface area contributed by atoms with Gasteiger partial charge in [-0.2, -0.15) is 0 Å².